The molecule has 36 heavy (non-hydrogen) atoms. The minimum atomic E-state index is -4.45. The van der Waals surface area contributed by atoms with Gasteiger partial charge in [0.15, 0.2) is 5.82 Å². The Balaban J connectivity index is 1.30. The van der Waals surface area contributed by atoms with Crippen LogP contribution in [-0.4, -0.2) is 73.3 Å². The van der Waals surface area contributed by atoms with Crippen LogP contribution >= 0.6 is 0 Å². The first-order chi connectivity index (χ1) is 17.5. The number of alkyl halides is 3. The summed E-state index contributed by atoms with van der Waals surface area (Å²) in [5, 5.41) is 7.10. The number of ether oxygens (including phenoxy) is 1. The third-order valence-electron chi connectivity index (χ3n) is 7.01. The molecule has 2 aliphatic heterocycles. The number of piperazine rings is 1. The lowest BCUT2D eigenvalue weighted by molar-refractivity contribution is -0.137. The molecule has 0 unspecified atom stereocenters. The minimum absolute atomic E-state index is 0.129. The first kappa shape index (κ1) is 22.9. The average Bonchev–Trinajstić information content (AvgIpc) is 3.59. The summed E-state index contributed by atoms with van der Waals surface area (Å²) in [5.41, 5.74) is 1.17. The number of anilines is 1. The van der Waals surface area contributed by atoms with Crippen LogP contribution in [0.3, 0.4) is 0 Å². The van der Waals surface area contributed by atoms with Crippen LogP contribution in [0.2, 0.25) is 0 Å². The molecular weight excluding hydrogens is 473 g/mol. The molecule has 6 rings (SSSR count). The van der Waals surface area contributed by atoms with Crippen LogP contribution in [0.5, 0.6) is 0 Å². The molecule has 9 nitrogen and oxygen atoms in total. The van der Waals surface area contributed by atoms with Crippen molar-refractivity contribution in [3.63, 3.8) is 0 Å². The molecule has 1 atom stereocenters. The van der Waals surface area contributed by atoms with Crippen molar-refractivity contribution in [1.82, 2.24) is 34.4 Å². The Bertz CT molecular complexity index is 1330. The average molecular weight is 499 g/mol. The van der Waals surface area contributed by atoms with Gasteiger partial charge in [0.05, 0.1) is 24.0 Å². The number of fused-ring (bicyclic) bond motifs is 1. The van der Waals surface area contributed by atoms with E-state index in [0.29, 0.717) is 29.8 Å². The number of H-pyrrole nitrogens is 1. The molecule has 188 valence electrons. The monoisotopic (exact) mass is 498 g/mol. The van der Waals surface area contributed by atoms with Gasteiger partial charge in [0.1, 0.15) is 17.2 Å². The fourth-order valence-corrected chi connectivity index (χ4v) is 5.16. The van der Waals surface area contributed by atoms with Gasteiger partial charge in [-0.25, -0.2) is 15.0 Å². The molecule has 12 heteroatoms. The summed E-state index contributed by atoms with van der Waals surface area (Å²) < 4.78 is 46.8. The SMILES string of the molecule is FC(F)(F)c1ccc2ncc(-c3nccc(N4CCN(C5CCOCC5)[C@@H](c5cn[nH]c5)C4)n3)n2c1. The number of imidazole rings is 1. The van der Waals surface area contributed by atoms with E-state index in [1.807, 2.05) is 18.5 Å². The minimum Gasteiger partial charge on any atom is -0.381 e. The second kappa shape index (κ2) is 9.17. The van der Waals surface area contributed by atoms with E-state index in [2.05, 4.69) is 30.0 Å². The lowest BCUT2D eigenvalue weighted by atomic mass is 9.99. The topological polar surface area (TPSA) is 87.5 Å². The first-order valence-corrected chi connectivity index (χ1v) is 11.9. The van der Waals surface area contributed by atoms with E-state index >= 15 is 0 Å². The molecule has 4 aromatic heterocycles. The highest BCUT2D eigenvalue weighted by Gasteiger charge is 2.35. The third kappa shape index (κ3) is 4.30. The summed E-state index contributed by atoms with van der Waals surface area (Å²) >= 11 is 0. The van der Waals surface area contributed by atoms with Gasteiger partial charge in [-0.2, -0.15) is 18.3 Å². The molecule has 0 radical (unpaired) electrons. The highest BCUT2D eigenvalue weighted by molar-refractivity contribution is 5.59. The van der Waals surface area contributed by atoms with E-state index in [0.717, 1.165) is 62.8 Å². The Hall–Kier alpha value is -3.51. The Kier molecular flexibility index (Phi) is 5.84. The molecule has 0 spiro atoms. The van der Waals surface area contributed by atoms with E-state index in [1.54, 1.807) is 6.20 Å². The number of rotatable bonds is 4. The molecule has 0 bridgehead atoms. The summed E-state index contributed by atoms with van der Waals surface area (Å²) in [6.07, 6.45) is 5.53. The highest BCUT2D eigenvalue weighted by Crippen LogP contribution is 2.33. The van der Waals surface area contributed by atoms with Gasteiger partial charge in [-0.15, -0.1) is 0 Å². The predicted molar refractivity (Wildman–Crippen MR) is 125 cm³/mol. The first-order valence-electron chi connectivity index (χ1n) is 11.9. The standard InChI is InChI=1S/C24H25F3N8O/c25-24(26,27)17-1-2-21-29-13-19(35(21)14-17)23-28-6-3-22(32-23)33-7-8-34(18-4-9-36-10-5-18)20(15-33)16-11-30-31-12-16/h1-3,6,11-14,18,20H,4-5,7-10,15H2,(H,30,31)/t20-/m1/s1. The van der Waals surface area contributed by atoms with Crippen molar-refractivity contribution in [2.75, 3.05) is 37.7 Å². The van der Waals surface area contributed by atoms with Gasteiger partial charge in [-0.3, -0.25) is 14.4 Å². The Morgan fingerprint density at radius 3 is 2.67 bits per heavy atom. The molecule has 6 heterocycles. The maximum absolute atomic E-state index is 13.3. The fraction of sp³-hybridized carbons (Fsp3) is 0.417. The maximum Gasteiger partial charge on any atom is 0.417 e. The van der Waals surface area contributed by atoms with Gasteiger partial charge in [0.25, 0.3) is 0 Å². The van der Waals surface area contributed by atoms with Gasteiger partial charge < -0.3 is 9.64 Å². The number of pyridine rings is 1. The number of aromatic amines is 1. The zero-order valence-electron chi connectivity index (χ0n) is 19.4. The van der Waals surface area contributed by atoms with Crippen molar-refractivity contribution in [2.45, 2.75) is 31.1 Å². The number of hydrogen-bond acceptors (Lipinski definition) is 7. The summed E-state index contributed by atoms with van der Waals surface area (Å²) in [7, 11) is 0. The molecule has 2 saturated heterocycles. The number of hydrogen-bond donors (Lipinski definition) is 1. The summed E-state index contributed by atoms with van der Waals surface area (Å²) in [5.74, 6) is 1.05. The molecule has 0 amide bonds. The van der Waals surface area contributed by atoms with E-state index < -0.39 is 11.7 Å². The van der Waals surface area contributed by atoms with Crippen LogP contribution < -0.4 is 4.90 Å². The van der Waals surface area contributed by atoms with Crippen LogP contribution in [0.25, 0.3) is 17.2 Å². The van der Waals surface area contributed by atoms with Crippen molar-refractivity contribution >= 4 is 11.5 Å². The number of nitrogens with zero attached hydrogens (tertiary/aromatic N) is 7. The quantitative estimate of drug-likeness (QED) is 0.460. The lowest BCUT2D eigenvalue weighted by Gasteiger charge is -2.46. The van der Waals surface area contributed by atoms with E-state index in [9.17, 15) is 13.2 Å². The molecular formula is C24H25F3N8O. The van der Waals surface area contributed by atoms with Crippen LogP contribution in [0.1, 0.15) is 30.0 Å². The second-order valence-electron chi connectivity index (χ2n) is 9.10. The summed E-state index contributed by atoms with van der Waals surface area (Å²) in [6.45, 7) is 3.87. The second-order valence-corrected chi connectivity index (χ2v) is 9.10. The van der Waals surface area contributed by atoms with Gasteiger partial charge in [0.2, 0.25) is 0 Å². The smallest absolute Gasteiger partial charge is 0.381 e. The van der Waals surface area contributed by atoms with Gasteiger partial charge in [0, 0.05) is 63.0 Å². The Morgan fingerprint density at radius 2 is 1.89 bits per heavy atom. The molecule has 0 aliphatic carbocycles. The Labute approximate surface area is 204 Å². The number of nitrogens with one attached hydrogen (secondary N) is 1. The van der Waals surface area contributed by atoms with Crippen molar-refractivity contribution in [2.24, 2.45) is 0 Å². The van der Waals surface area contributed by atoms with Crippen LogP contribution in [0.15, 0.2) is 49.2 Å². The number of aromatic nitrogens is 6. The number of halogens is 3. The van der Waals surface area contributed by atoms with Crippen LogP contribution in [0.4, 0.5) is 19.0 Å². The van der Waals surface area contributed by atoms with Gasteiger partial charge in [-0.05, 0) is 31.0 Å². The molecule has 2 aliphatic rings. The summed E-state index contributed by atoms with van der Waals surface area (Å²) in [6, 6.07) is 4.79. The predicted octanol–water partition coefficient (Wildman–Crippen LogP) is 3.58. The molecule has 2 fully saturated rings. The van der Waals surface area contributed by atoms with Crippen LogP contribution in [0, 0.1) is 0 Å². The van der Waals surface area contributed by atoms with E-state index in [-0.39, 0.29) is 6.04 Å². The molecule has 4 aromatic rings. The summed E-state index contributed by atoms with van der Waals surface area (Å²) in [4.78, 5) is 18.1. The molecule has 1 N–H and O–H groups in total. The third-order valence-corrected chi connectivity index (χ3v) is 7.01. The zero-order valence-corrected chi connectivity index (χ0v) is 19.4. The fourth-order valence-electron chi connectivity index (χ4n) is 5.16. The van der Waals surface area contributed by atoms with Crippen LogP contribution in [-0.2, 0) is 10.9 Å². The Morgan fingerprint density at radius 1 is 1.03 bits per heavy atom. The largest absolute Gasteiger partial charge is 0.417 e. The molecule has 0 saturated carbocycles. The molecule has 0 aromatic carbocycles. The van der Waals surface area contributed by atoms with Crippen molar-refractivity contribution in [1.29, 1.82) is 0 Å². The lowest BCUT2D eigenvalue weighted by Crippen LogP contribution is -2.53. The zero-order chi connectivity index (χ0) is 24.7. The van der Waals surface area contributed by atoms with Crippen molar-refractivity contribution in [3.8, 4) is 11.5 Å². The van der Waals surface area contributed by atoms with Crippen molar-refractivity contribution < 1.29 is 17.9 Å². The van der Waals surface area contributed by atoms with Crippen molar-refractivity contribution in [3.05, 3.63) is 60.3 Å². The highest BCUT2D eigenvalue weighted by atomic mass is 19.4. The van der Waals surface area contributed by atoms with E-state index in [4.69, 9.17) is 9.72 Å². The maximum atomic E-state index is 13.3. The van der Waals surface area contributed by atoms with Gasteiger partial charge in [-0.1, -0.05) is 0 Å². The van der Waals surface area contributed by atoms with E-state index in [1.165, 1.54) is 16.7 Å². The normalized spacial score (nSPS) is 20.3. The van der Waals surface area contributed by atoms with Gasteiger partial charge >= 0.3 is 6.18 Å².